The first kappa shape index (κ1) is 24.1. The number of aliphatic hydroxyl groups is 2. The molecule has 3 aromatic rings. The molecule has 5 rings (SSSR count). The van der Waals surface area contributed by atoms with Gasteiger partial charge >= 0.3 is 0 Å². The lowest BCUT2D eigenvalue weighted by Gasteiger charge is -2.37. The van der Waals surface area contributed by atoms with Gasteiger partial charge in [0.2, 0.25) is 0 Å². The van der Waals surface area contributed by atoms with Gasteiger partial charge in [0.15, 0.2) is 6.29 Å². The largest absolute Gasteiger partial charge is 0.392 e. The van der Waals surface area contributed by atoms with Crippen LogP contribution >= 0.6 is 0 Å². The van der Waals surface area contributed by atoms with E-state index >= 15 is 0 Å². The highest BCUT2D eigenvalue weighted by Crippen LogP contribution is 2.39. The number of nitrogens with two attached hydrogens (primary N) is 1. The monoisotopic (exact) mass is 474 g/mol. The van der Waals surface area contributed by atoms with Crippen LogP contribution in [0.5, 0.6) is 0 Å². The van der Waals surface area contributed by atoms with Gasteiger partial charge < -0.3 is 25.4 Å². The van der Waals surface area contributed by atoms with Gasteiger partial charge in [-0.25, -0.2) is 0 Å². The molecule has 0 amide bonds. The minimum Gasteiger partial charge on any atom is -0.392 e. The molecule has 2 heterocycles. The van der Waals surface area contributed by atoms with Crippen molar-refractivity contribution in [2.45, 2.75) is 50.6 Å². The SMILES string of the molecule is NCc1cccc(-c2ccc(C3OC(CN4CCC(O)C4)CC(c4ccc(CO)cc4)O3)cc2)c1. The lowest BCUT2D eigenvalue weighted by atomic mass is 9.99. The maximum Gasteiger partial charge on any atom is 0.184 e. The molecule has 0 bridgehead atoms. The third-order valence-corrected chi connectivity index (χ3v) is 7.00. The van der Waals surface area contributed by atoms with E-state index in [1.54, 1.807) is 0 Å². The number of nitrogens with zero attached hydrogens (tertiary/aromatic N) is 1. The van der Waals surface area contributed by atoms with E-state index in [0.717, 1.165) is 59.3 Å². The second kappa shape index (κ2) is 11.0. The second-order valence-corrected chi connectivity index (χ2v) is 9.58. The number of benzene rings is 3. The topological polar surface area (TPSA) is 88.2 Å². The van der Waals surface area contributed by atoms with E-state index in [-0.39, 0.29) is 24.9 Å². The summed E-state index contributed by atoms with van der Waals surface area (Å²) >= 11 is 0. The van der Waals surface area contributed by atoms with Crippen molar-refractivity contribution >= 4 is 0 Å². The molecule has 184 valence electrons. The van der Waals surface area contributed by atoms with Crippen LogP contribution < -0.4 is 5.73 Å². The Morgan fingerprint density at radius 3 is 2.34 bits per heavy atom. The average molecular weight is 475 g/mol. The first-order valence-corrected chi connectivity index (χ1v) is 12.4. The van der Waals surface area contributed by atoms with Crippen LogP contribution in [0.1, 0.15) is 47.5 Å². The molecule has 2 aliphatic heterocycles. The number of β-amino-alcohol motifs (C(OH)–C–C–N with tert-alkyl or cyclic N) is 1. The molecule has 35 heavy (non-hydrogen) atoms. The van der Waals surface area contributed by atoms with Gasteiger partial charge in [-0.15, -0.1) is 0 Å². The lowest BCUT2D eigenvalue weighted by molar-refractivity contribution is -0.252. The number of hydrogen-bond acceptors (Lipinski definition) is 6. The zero-order chi connectivity index (χ0) is 24.2. The molecule has 4 unspecified atom stereocenters. The van der Waals surface area contributed by atoms with E-state index in [1.165, 1.54) is 0 Å². The fourth-order valence-corrected chi connectivity index (χ4v) is 5.01. The normalized spacial score (nSPS) is 25.1. The standard InChI is InChI=1S/C29H34N2O4/c30-16-21-2-1-3-25(14-21)22-8-10-24(11-9-22)29-34-27(18-31-13-12-26(33)17-31)15-28(35-29)23-6-4-20(19-32)5-7-23/h1-11,14,26-29,32-33H,12-13,15-19,30H2. The van der Waals surface area contributed by atoms with Crippen LogP contribution in [0.15, 0.2) is 72.8 Å². The molecule has 6 heteroatoms. The third kappa shape index (κ3) is 5.81. The number of ether oxygens (including phenoxy) is 2. The van der Waals surface area contributed by atoms with Crippen LogP contribution in [-0.4, -0.2) is 47.0 Å². The fraction of sp³-hybridized carbons (Fsp3) is 0.379. The second-order valence-electron chi connectivity index (χ2n) is 9.58. The average Bonchev–Trinajstić information content (AvgIpc) is 3.32. The van der Waals surface area contributed by atoms with Gasteiger partial charge in [0, 0.05) is 38.2 Å². The number of likely N-dealkylation sites (tertiary alicyclic amines) is 1. The van der Waals surface area contributed by atoms with Crippen molar-refractivity contribution in [2.75, 3.05) is 19.6 Å². The Morgan fingerprint density at radius 1 is 0.886 bits per heavy atom. The minimum absolute atomic E-state index is 0.0116. The molecule has 0 aromatic heterocycles. The molecule has 2 saturated heterocycles. The Balaban J connectivity index is 1.36. The quantitative estimate of drug-likeness (QED) is 0.481. The summed E-state index contributed by atoms with van der Waals surface area (Å²) in [6, 6.07) is 24.6. The lowest BCUT2D eigenvalue weighted by Crippen LogP contribution is -2.38. The van der Waals surface area contributed by atoms with E-state index in [4.69, 9.17) is 15.2 Å². The maximum atomic E-state index is 9.96. The van der Waals surface area contributed by atoms with Crippen LogP contribution in [0, 0.1) is 0 Å². The van der Waals surface area contributed by atoms with Crippen LogP contribution in [0.3, 0.4) is 0 Å². The highest BCUT2D eigenvalue weighted by atomic mass is 16.7. The van der Waals surface area contributed by atoms with E-state index in [0.29, 0.717) is 13.1 Å². The molecule has 0 radical (unpaired) electrons. The van der Waals surface area contributed by atoms with Crippen molar-refractivity contribution in [1.29, 1.82) is 0 Å². The third-order valence-electron chi connectivity index (χ3n) is 7.00. The van der Waals surface area contributed by atoms with E-state index < -0.39 is 6.29 Å². The molecule has 4 atom stereocenters. The van der Waals surface area contributed by atoms with Crippen LogP contribution in [-0.2, 0) is 22.6 Å². The summed E-state index contributed by atoms with van der Waals surface area (Å²) < 4.78 is 12.9. The molecule has 0 spiro atoms. The van der Waals surface area contributed by atoms with Crippen molar-refractivity contribution < 1.29 is 19.7 Å². The van der Waals surface area contributed by atoms with Crippen molar-refractivity contribution in [1.82, 2.24) is 4.90 Å². The van der Waals surface area contributed by atoms with Gasteiger partial charge in [-0.3, -0.25) is 4.90 Å². The van der Waals surface area contributed by atoms with Gasteiger partial charge in [0.1, 0.15) is 0 Å². The van der Waals surface area contributed by atoms with Crippen molar-refractivity contribution in [3.63, 3.8) is 0 Å². The zero-order valence-corrected chi connectivity index (χ0v) is 19.9. The molecular weight excluding hydrogens is 440 g/mol. The van der Waals surface area contributed by atoms with Gasteiger partial charge in [0.05, 0.1) is 24.9 Å². The van der Waals surface area contributed by atoms with Gasteiger partial charge in [-0.05, 0) is 40.3 Å². The fourth-order valence-electron chi connectivity index (χ4n) is 5.01. The van der Waals surface area contributed by atoms with Crippen molar-refractivity contribution in [3.05, 3.63) is 95.1 Å². The predicted octanol–water partition coefficient (Wildman–Crippen LogP) is 3.92. The Kier molecular flexibility index (Phi) is 7.58. The summed E-state index contributed by atoms with van der Waals surface area (Å²) in [5.41, 5.74) is 12.1. The number of aliphatic hydroxyl groups excluding tert-OH is 2. The maximum absolute atomic E-state index is 9.96. The molecule has 4 N–H and O–H groups in total. The van der Waals surface area contributed by atoms with Gasteiger partial charge in [0.25, 0.3) is 0 Å². The summed E-state index contributed by atoms with van der Waals surface area (Å²) in [4.78, 5) is 2.27. The van der Waals surface area contributed by atoms with Crippen LogP contribution in [0.25, 0.3) is 11.1 Å². The summed E-state index contributed by atoms with van der Waals surface area (Å²) in [6.45, 7) is 2.90. The Morgan fingerprint density at radius 2 is 1.66 bits per heavy atom. The van der Waals surface area contributed by atoms with E-state index in [1.807, 2.05) is 36.4 Å². The highest BCUT2D eigenvalue weighted by molar-refractivity contribution is 5.64. The van der Waals surface area contributed by atoms with Crippen LogP contribution in [0.2, 0.25) is 0 Å². The van der Waals surface area contributed by atoms with E-state index in [2.05, 4.69) is 41.3 Å². The predicted molar refractivity (Wildman–Crippen MR) is 135 cm³/mol. The Bertz CT molecular complexity index is 1100. The van der Waals surface area contributed by atoms with Crippen molar-refractivity contribution in [3.8, 4) is 11.1 Å². The number of rotatable bonds is 7. The number of hydrogen-bond donors (Lipinski definition) is 3. The summed E-state index contributed by atoms with van der Waals surface area (Å²) in [6.07, 6.45) is 0.699. The molecular formula is C29H34N2O4. The highest BCUT2D eigenvalue weighted by Gasteiger charge is 2.34. The van der Waals surface area contributed by atoms with Gasteiger partial charge in [-0.1, -0.05) is 66.7 Å². The molecule has 3 aromatic carbocycles. The minimum atomic E-state index is -0.478. The van der Waals surface area contributed by atoms with E-state index in [9.17, 15) is 10.2 Å². The molecule has 2 fully saturated rings. The summed E-state index contributed by atoms with van der Waals surface area (Å²) in [7, 11) is 0. The smallest absolute Gasteiger partial charge is 0.184 e. The molecule has 6 nitrogen and oxygen atoms in total. The van der Waals surface area contributed by atoms with Crippen LogP contribution in [0.4, 0.5) is 0 Å². The molecule has 0 saturated carbocycles. The Hall–Kier alpha value is -2.58. The van der Waals surface area contributed by atoms with Crippen molar-refractivity contribution in [2.24, 2.45) is 5.73 Å². The molecule has 0 aliphatic carbocycles. The summed E-state index contributed by atoms with van der Waals surface area (Å²) in [5, 5.41) is 19.4. The summed E-state index contributed by atoms with van der Waals surface area (Å²) in [5.74, 6) is 0. The first-order valence-electron chi connectivity index (χ1n) is 12.4. The Labute approximate surface area is 206 Å². The zero-order valence-electron chi connectivity index (χ0n) is 19.9. The first-order chi connectivity index (χ1) is 17.1. The molecule has 2 aliphatic rings. The van der Waals surface area contributed by atoms with Gasteiger partial charge in [-0.2, -0.15) is 0 Å².